The Morgan fingerprint density at radius 3 is 2.24 bits per heavy atom. The van der Waals surface area contributed by atoms with Crippen LogP contribution in [0.15, 0.2) is 65.1 Å². The summed E-state index contributed by atoms with van der Waals surface area (Å²) in [5, 5.41) is 7.04. The molecule has 2 nitrogen and oxygen atoms in total. The van der Waals surface area contributed by atoms with Gasteiger partial charge in [0.2, 0.25) is 5.88 Å². The van der Waals surface area contributed by atoms with E-state index >= 15 is 0 Å². The minimum Gasteiger partial charge on any atom is -0.439 e. The molecule has 0 atom stereocenters. The number of rotatable bonds is 2. The van der Waals surface area contributed by atoms with E-state index in [1.54, 1.807) is 0 Å². The molecule has 0 saturated heterocycles. The molecular weight excluding hydrogens is 306 g/mol. The molecular formula is C23H23NO. The van der Waals surface area contributed by atoms with Crippen LogP contribution in [0.1, 0.15) is 26.3 Å². The first-order valence-corrected chi connectivity index (χ1v) is 8.72. The molecule has 0 aliphatic carbocycles. The smallest absolute Gasteiger partial charge is 0.202 e. The van der Waals surface area contributed by atoms with Gasteiger partial charge in [0.25, 0.3) is 0 Å². The molecule has 0 bridgehead atoms. The van der Waals surface area contributed by atoms with Crippen molar-refractivity contribution in [2.45, 2.75) is 33.2 Å². The highest BCUT2D eigenvalue weighted by Crippen LogP contribution is 2.42. The van der Waals surface area contributed by atoms with Gasteiger partial charge in [-0.15, -0.1) is 0 Å². The van der Waals surface area contributed by atoms with Crippen molar-refractivity contribution in [1.29, 1.82) is 0 Å². The van der Waals surface area contributed by atoms with Gasteiger partial charge in [-0.3, -0.25) is 0 Å². The molecule has 1 aromatic heterocycles. The van der Waals surface area contributed by atoms with E-state index in [1.807, 2.05) is 0 Å². The molecule has 0 unspecified atom stereocenters. The second-order valence-electron chi connectivity index (χ2n) is 7.71. The van der Waals surface area contributed by atoms with Crippen LogP contribution in [0.3, 0.4) is 0 Å². The minimum absolute atomic E-state index is 0.0802. The molecule has 3 aromatic carbocycles. The molecule has 1 N–H and O–H groups in total. The van der Waals surface area contributed by atoms with E-state index in [2.05, 4.69) is 93.7 Å². The SMILES string of the molecule is Cc1ccc(-c2c(NC(C)(C)C)oc3c2ccc2ccccc23)cc1. The number of benzene rings is 3. The highest BCUT2D eigenvalue weighted by Gasteiger charge is 2.21. The Morgan fingerprint density at radius 2 is 1.52 bits per heavy atom. The fraction of sp³-hybridized carbons (Fsp3) is 0.217. The summed E-state index contributed by atoms with van der Waals surface area (Å²) in [5.41, 5.74) is 4.43. The van der Waals surface area contributed by atoms with Gasteiger partial charge in [-0.05, 0) is 44.7 Å². The van der Waals surface area contributed by atoms with Crippen LogP contribution in [0.4, 0.5) is 5.88 Å². The maximum absolute atomic E-state index is 6.36. The van der Waals surface area contributed by atoms with Gasteiger partial charge in [-0.1, -0.05) is 60.2 Å². The molecule has 1 heterocycles. The number of anilines is 1. The summed E-state index contributed by atoms with van der Waals surface area (Å²) >= 11 is 0. The summed E-state index contributed by atoms with van der Waals surface area (Å²) in [6.45, 7) is 8.56. The molecule has 2 heteroatoms. The molecule has 4 rings (SSSR count). The Hall–Kier alpha value is -2.74. The Balaban J connectivity index is 2.04. The lowest BCUT2D eigenvalue weighted by molar-refractivity contribution is 0.567. The van der Waals surface area contributed by atoms with Gasteiger partial charge in [0.15, 0.2) is 0 Å². The first-order chi connectivity index (χ1) is 11.9. The number of furan rings is 1. The fourth-order valence-corrected chi connectivity index (χ4v) is 3.26. The molecule has 0 saturated carbocycles. The second-order valence-corrected chi connectivity index (χ2v) is 7.71. The Labute approximate surface area is 148 Å². The number of nitrogens with one attached hydrogen (secondary N) is 1. The first kappa shape index (κ1) is 15.8. The van der Waals surface area contributed by atoms with E-state index in [9.17, 15) is 0 Å². The van der Waals surface area contributed by atoms with Gasteiger partial charge >= 0.3 is 0 Å². The predicted octanol–water partition coefficient (Wildman–Crippen LogP) is 6.77. The molecule has 0 amide bonds. The van der Waals surface area contributed by atoms with Crippen molar-refractivity contribution < 1.29 is 4.42 Å². The third kappa shape index (κ3) is 2.89. The molecule has 0 radical (unpaired) electrons. The van der Waals surface area contributed by atoms with Crippen LogP contribution >= 0.6 is 0 Å². The van der Waals surface area contributed by atoms with Gasteiger partial charge in [0, 0.05) is 16.3 Å². The van der Waals surface area contributed by atoms with Crippen LogP contribution in [0.25, 0.3) is 32.9 Å². The summed E-state index contributed by atoms with van der Waals surface area (Å²) in [6, 6.07) is 21.4. The van der Waals surface area contributed by atoms with E-state index in [0.29, 0.717) is 0 Å². The van der Waals surface area contributed by atoms with Crippen LogP contribution in [-0.2, 0) is 0 Å². The zero-order valence-corrected chi connectivity index (χ0v) is 15.2. The average molecular weight is 329 g/mol. The van der Waals surface area contributed by atoms with Crippen molar-refractivity contribution in [2.75, 3.05) is 5.32 Å². The second kappa shape index (κ2) is 5.66. The van der Waals surface area contributed by atoms with Gasteiger partial charge in [-0.25, -0.2) is 0 Å². The monoisotopic (exact) mass is 329 g/mol. The van der Waals surface area contributed by atoms with Gasteiger partial charge in [-0.2, -0.15) is 0 Å². The standard InChI is InChI=1S/C23H23NO/c1-15-9-11-17(12-10-15)20-19-14-13-16-7-5-6-8-18(16)21(19)25-22(20)24-23(2,3)4/h5-14,24H,1-4H3. The van der Waals surface area contributed by atoms with Crippen molar-refractivity contribution in [3.05, 3.63) is 66.2 Å². The zero-order valence-electron chi connectivity index (χ0n) is 15.2. The van der Waals surface area contributed by atoms with E-state index in [-0.39, 0.29) is 5.54 Å². The normalized spacial score (nSPS) is 12.0. The number of hydrogen-bond acceptors (Lipinski definition) is 2. The van der Waals surface area contributed by atoms with Crippen molar-refractivity contribution in [3.8, 4) is 11.1 Å². The first-order valence-electron chi connectivity index (χ1n) is 8.72. The predicted molar refractivity (Wildman–Crippen MR) is 107 cm³/mol. The molecule has 0 aliphatic heterocycles. The summed E-state index contributed by atoms with van der Waals surface area (Å²) < 4.78 is 6.36. The van der Waals surface area contributed by atoms with Crippen LogP contribution in [-0.4, -0.2) is 5.54 Å². The van der Waals surface area contributed by atoms with Gasteiger partial charge in [0.1, 0.15) is 5.58 Å². The largest absolute Gasteiger partial charge is 0.439 e. The van der Waals surface area contributed by atoms with E-state index in [1.165, 1.54) is 16.5 Å². The average Bonchev–Trinajstić information content (AvgIpc) is 2.92. The van der Waals surface area contributed by atoms with Gasteiger partial charge < -0.3 is 9.73 Å². The van der Waals surface area contributed by atoms with Crippen molar-refractivity contribution in [1.82, 2.24) is 0 Å². The maximum atomic E-state index is 6.36. The molecule has 4 aromatic rings. The number of hydrogen-bond donors (Lipinski definition) is 1. The summed E-state index contributed by atoms with van der Waals surface area (Å²) in [7, 11) is 0. The van der Waals surface area contributed by atoms with Crippen molar-refractivity contribution in [2.24, 2.45) is 0 Å². The molecule has 0 spiro atoms. The lowest BCUT2D eigenvalue weighted by atomic mass is 9.99. The van der Waals surface area contributed by atoms with E-state index < -0.39 is 0 Å². The van der Waals surface area contributed by atoms with Gasteiger partial charge in [0.05, 0.1) is 5.56 Å². The van der Waals surface area contributed by atoms with E-state index in [0.717, 1.165) is 27.8 Å². The number of aryl methyl sites for hydroxylation is 1. The van der Waals surface area contributed by atoms with Crippen molar-refractivity contribution in [3.63, 3.8) is 0 Å². The Kier molecular flexibility index (Phi) is 3.57. The third-order valence-corrected chi connectivity index (χ3v) is 4.41. The third-order valence-electron chi connectivity index (χ3n) is 4.41. The summed E-state index contributed by atoms with van der Waals surface area (Å²) in [6.07, 6.45) is 0. The topological polar surface area (TPSA) is 25.2 Å². The molecule has 25 heavy (non-hydrogen) atoms. The minimum atomic E-state index is -0.0802. The fourth-order valence-electron chi connectivity index (χ4n) is 3.26. The van der Waals surface area contributed by atoms with Crippen molar-refractivity contribution >= 4 is 27.6 Å². The van der Waals surface area contributed by atoms with Crippen LogP contribution in [0.2, 0.25) is 0 Å². The lowest BCUT2D eigenvalue weighted by Gasteiger charge is -2.21. The van der Waals surface area contributed by atoms with Crippen LogP contribution in [0.5, 0.6) is 0 Å². The Morgan fingerprint density at radius 1 is 0.800 bits per heavy atom. The van der Waals surface area contributed by atoms with Crippen LogP contribution in [0, 0.1) is 6.92 Å². The maximum Gasteiger partial charge on any atom is 0.202 e. The quantitative estimate of drug-likeness (QED) is 0.439. The highest BCUT2D eigenvalue weighted by molar-refractivity contribution is 6.12. The lowest BCUT2D eigenvalue weighted by Crippen LogP contribution is -2.26. The summed E-state index contributed by atoms with van der Waals surface area (Å²) in [5.74, 6) is 0.836. The molecule has 0 fully saturated rings. The summed E-state index contributed by atoms with van der Waals surface area (Å²) in [4.78, 5) is 0. The van der Waals surface area contributed by atoms with E-state index in [4.69, 9.17) is 4.42 Å². The molecule has 126 valence electrons. The molecule has 0 aliphatic rings. The Bertz CT molecular complexity index is 1050. The number of fused-ring (bicyclic) bond motifs is 3. The highest BCUT2D eigenvalue weighted by atomic mass is 16.4. The zero-order chi connectivity index (χ0) is 17.6. The van der Waals surface area contributed by atoms with Crippen LogP contribution < -0.4 is 5.32 Å².